The summed E-state index contributed by atoms with van der Waals surface area (Å²) in [5.41, 5.74) is 3.15. The lowest BCUT2D eigenvalue weighted by atomic mass is 10.1. The van der Waals surface area contributed by atoms with Crippen molar-refractivity contribution >= 4 is 17.5 Å². The van der Waals surface area contributed by atoms with Gasteiger partial charge in [-0.15, -0.1) is 10.2 Å². The summed E-state index contributed by atoms with van der Waals surface area (Å²) in [6.07, 6.45) is 3.62. The van der Waals surface area contributed by atoms with Crippen molar-refractivity contribution in [2.45, 2.75) is 5.03 Å². The second-order valence-corrected chi connectivity index (χ2v) is 6.97. The number of halogens is 1. The maximum absolute atomic E-state index is 12.9. The first-order chi connectivity index (χ1) is 13.7. The van der Waals surface area contributed by atoms with Crippen molar-refractivity contribution in [3.05, 3.63) is 90.5 Å². The van der Waals surface area contributed by atoms with E-state index in [9.17, 15) is 9.18 Å². The van der Waals surface area contributed by atoms with E-state index in [1.54, 1.807) is 10.9 Å². The Balaban J connectivity index is 1.39. The van der Waals surface area contributed by atoms with Crippen molar-refractivity contribution in [2.75, 3.05) is 5.75 Å². The standard InChI is InChI=1S/C21H15FN4OS/c22-17-6-2-16(3-7-17)20(27)14-28-21-11-10-19(24-25-21)15-4-8-18(9-5-15)26-13-1-12-23-26/h1-13H,14H2. The zero-order valence-electron chi connectivity index (χ0n) is 14.7. The minimum absolute atomic E-state index is 0.0786. The van der Waals surface area contributed by atoms with Gasteiger partial charge in [-0.1, -0.05) is 23.9 Å². The molecule has 5 nitrogen and oxygen atoms in total. The molecule has 0 atom stereocenters. The fourth-order valence-electron chi connectivity index (χ4n) is 2.62. The largest absolute Gasteiger partial charge is 0.293 e. The molecule has 0 aliphatic carbocycles. The quantitative estimate of drug-likeness (QED) is 0.360. The minimum atomic E-state index is -0.358. The Bertz CT molecular complexity index is 1060. The van der Waals surface area contributed by atoms with Crippen molar-refractivity contribution in [3.63, 3.8) is 0 Å². The predicted molar refractivity (Wildman–Crippen MR) is 106 cm³/mol. The number of ketones is 1. The lowest BCUT2D eigenvalue weighted by molar-refractivity contribution is 0.102. The van der Waals surface area contributed by atoms with Crippen molar-refractivity contribution in [1.29, 1.82) is 0 Å². The van der Waals surface area contributed by atoms with Gasteiger partial charge in [0.05, 0.1) is 17.1 Å². The third-order valence-electron chi connectivity index (χ3n) is 4.09. The van der Waals surface area contributed by atoms with E-state index < -0.39 is 0 Å². The van der Waals surface area contributed by atoms with Crippen LogP contribution in [0.3, 0.4) is 0 Å². The summed E-state index contributed by atoms with van der Waals surface area (Å²) < 4.78 is 14.7. The molecule has 0 amide bonds. The topological polar surface area (TPSA) is 60.7 Å². The maximum atomic E-state index is 12.9. The van der Waals surface area contributed by atoms with E-state index in [-0.39, 0.29) is 17.4 Å². The lowest BCUT2D eigenvalue weighted by Crippen LogP contribution is -2.02. The van der Waals surface area contributed by atoms with E-state index >= 15 is 0 Å². The van der Waals surface area contributed by atoms with E-state index in [1.165, 1.54) is 36.0 Å². The molecule has 7 heteroatoms. The molecule has 0 bridgehead atoms. The summed E-state index contributed by atoms with van der Waals surface area (Å²) in [6.45, 7) is 0. The number of thioether (sulfide) groups is 1. The molecule has 2 heterocycles. The Hall–Kier alpha value is -3.32. The van der Waals surface area contributed by atoms with Crippen LogP contribution >= 0.6 is 11.8 Å². The number of hydrogen-bond acceptors (Lipinski definition) is 5. The molecule has 2 aromatic carbocycles. The predicted octanol–water partition coefficient (Wildman–Crippen LogP) is 4.44. The summed E-state index contributed by atoms with van der Waals surface area (Å²) in [6, 6.07) is 19.0. The van der Waals surface area contributed by atoms with Crippen molar-refractivity contribution in [3.8, 4) is 16.9 Å². The Morgan fingerprint density at radius 1 is 0.964 bits per heavy atom. The highest BCUT2D eigenvalue weighted by molar-refractivity contribution is 7.99. The minimum Gasteiger partial charge on any atom is -0.293 e. The number of nitrogens with zero attached hydrogens (tertiary/aromatic N) is 4. The van der Waals surface area contributed by atoms with Gasteiger partial charge in [0.15, 0.2) is 5.78 Å². The van der Waals surface area contributed by atoms with Crippen LogP contribution in [0.25, 0.3) is 16.9 Å². The molecule has 138 valence electrons. The molecule has 0 aliphatic heterocycles. The first-order valence-electron chi connectivity index (χ1n) is 8.55. The summed E-state index contributed by atoms with van der Waals surface area (Å²) in [4.78, 5) is 12.1. The van der Waals surface area contributed by atoms with E-state index in [2.05, 4.69) is 15.3 Å². The normalized spacial score (nSPS) is 10.8. The molecular weight excluding hydrogens is 375 g/mol. The van der Waals surface area contributed by atoms with Crippen molar-refractivity contribution < 1.29 is 9.18 Å². The third kappa shape index (κ3) is 4.15. The second kappa shape index (κ2) is 8.14. The number of benzene rings is 2. The first-order valence-corrected chi connectivity index (χ1v) is 9.53. The van der Waals surface area contributed by atoms with Crippen LogP contribution in [0.4, 0.5) is 4.39 Å². The Labute approximate surface area is 165 Å². The van der Waals surface area contributed by atoms with Crippen LogP contribution in [0.1, 0.15) is 10.4 Å². The van der Waals surface area contributed by atoms with Crippen LogP contribution in [0.5, 0.6) is 0 Å². The smallest absolute Gasteiger partial charge is 0.173 e. The molecule has 0 unspecified atom stereocenters. The Morgan fingerprint density at radius 3 is 2.39 bits per heavy atom. The molecule has 4 aromatic rings. The Kier molecular flexibility index (Phi) is 5.25. The number of Topliss-reactive ketones (excluding diaryl/α,β-unsaturated/α-hetero) is 1. The van der Waals surface area contributed by atoms with Crippen LogP contribution in [0.2, 0.25) is 0 Å². The molecular formula is C21H15FN4OS. The van der Waals surface area contributed by atoms with Gasteiger partial charge in [-0.2, -0.15) is 5.10 Å². The molecule has 0 radical (unpaired) electrons. The summed E-state index contributed by atoms with van der Waals surface area (Å²) in [5.74, 6) is -0.216. The van der Waals surface area contributed by atoms with Crippen molar-refractivity contribution in [2.24, 2.45) is 0 Å². The second-order valence-electron chi connectivity index (χ2n) is 5.97. The Morgan fingerprint density at radius 2 is 1.75 bits per heavy atom. The average molecular weight is 390 g/mol. The molecule has 0 saturated carbocycles. The SMILES string of the molecule is O=C(CSc1ccc(-c2ccc(-n3cccn3)cc2)nn1)c1ccc(F)cc1. The molecule has 0 aliphatic rings. The van der Waals surface area contributed by atoms with Gasteiger partial charge in [0.25, 0.3) is 0 Å². The van der Waals surface area contributed by atoms with Crippen LogP contribution < -0.4 is 0 Å². The molecule has 2 aromatic heterocycles. The zero-order chi connectivity index (χ0) is 19.3. The third-order valence-corrected chi connectivity index (χ3v) is 5.01. The monoisotopic (exact) mass is 390 g/mol. The first kappa shape index (κ1) is 18.1. The highest BCUT2D eigenvalue weighted by atomic mass is 32.2. The van der Waals surface area contributed by atoms with Crippen molar-refractivity contribution in [1.82, 2.24) is 20.0 Å². The van der Waals surface area contributed by atoms with Crippen LogP contribution in [-0.2, 0) is 0 Å². The van der Waals surface area contributed by atoms with Crippen LogP contribution in [-0.4, -0.2) is 31.5 Å². The fourth-order valence-corrected chi connectivity index (χ4v) is 3.32. The maximum Gasteiger partial charge on any atom is 0.173 e. The number of carbonyl (C=O) groups excluding carboxylic acids is 1. The van der Waals surface area contributed by atoms with Gasteiger partial charge in [-0.3, -0.25) is 4.79 Å². The van der Waals surface area contributed by atoms with Crippen LogP contribution in [0, 0.1) is 5.82 Å². The van der Waals surface area contributed by atoms with E-state index in [0.717, 1.165) is 16.9 Å². The molecule has 28 heavy (non-hydrogen) atoms. The highest BCUT2D eigenvalue weighted by Gasteiger charge is 2.08. The molecule has 4 rings (SSSR count). The average Bonchev–Trinajstić information content (AvgIpc) is 3.28. The lowest BCUT2D eigenvalue weighted by Gasteiger charge is -2.05. The van der Waals surface area contributed by atoms with E-state index in [1.807, 2.05) is 48.7 Å². The number of rotatable bonds is 6. The highest BCUT2D eigenvalue weighted by Crippen LogP contribution is 2.22. The van der Waals surface area contributed by atoms with E-state index in [0.29, 0.717) is 10.6 Å². The summed E-state index contributed by atoms with van der Waals surface area (Å²) >= 11 is 1.30. The van der Waals surface area contributed by atoms with E-state index in [4.69, 9.17) is 0 Å². The van der Waals surface area contributed by atoms with Gasteiger partial charge in [-0.25, -0.2) is 9.07 Å². The summed E-state index contributed by atoms with van der Waals surface area (Å²) in [7, 11) is 0. The van der Waals surface area contributed by atoms with Gasteiger partial charge in [0.2, 0.25) is 0 Å². The molecule has 0 N–H and O–H groups in total. The number of carbonyl (C=O) groups is 1. The van der Waals surface area contributed by atoms with Gasteiger partial charge in [0.1, 0.15) is 10.8 Å². The van der Waals surface area contributed by atoms with Gasteiger partial charge < -0.3 is 0 Å². The zero-order valence-corrected chi connectivity index (χ0v) is 15.5. The summed E-state index contributed by atoms with van der Waals surface area (Å²) in [5, 5.41) is 13.3. The fraction of sp³-hybridized carbons (Fsp3) is 0.0476. The number of aromatic nitrogens is 4. The molecule has 0 fully saturated rings. The van der Waals surface area contributed by atoms with Gasteiger partial charge >= 0.3 is 0 Å². The number of hydrogen-bond donors (Lipinski definition) is 0. The van der Waals surface area contributed by atoms with Gasteiger partial charge in [0, 0.05) is 23.5 Å². The van der Waals surface area contributed by atoms with Crippen LogP contribution in [0.15, 0.2) is 84.1 Å². The van der Waals surface area contributed by atoms with Gasteiger partial charge in [-0.05, 0) is 54.6 Å². The molecule has 0 spiro atoms. The molecule has 0 saturated heterocycles.